The van der Waals surface area contributed by atoms with Crippen molar-refractivity contribution in [3.63, 3.8) is 0 Å². The number of carbonyl (C=O) groups is 1. The molecule has 0 aliphatic carbocycles. The Morgan fingerprint density at radius 1 is 0.714 bits per heavy atom. The zero-order valence-electron chi connectivity index (χ0n) is 11.4. The van der Waals surface area contributed by atoms with Crippen LogP contribution in [0.25, 0.3) is 11.1 Å². The molecule has 0 N–H and O–H groups in total. The van der Waals surface area contributed by atoms with Crippen molar-refractivity contribution >= 4 is 18.0 Å². The van der Waals surface area contributed by atoms with Crippen molar-refractivity contribution in [2.45, 2.75) is 9.79 Å². The molecule has 0 radical (unpaired) electrons. The Labute approximate surface area is 128 Å². The summed E-state index contributed by atoms with van der Waals surface area (Å²) in [6.45, 7) is 0. The quantitative estimate of drug-likeness (QED) is 0.605. The van der Waals surface area contributed by atoms with E-state index in [0.717, 1.165) is 11.8 Å². The summed E-state index contributed by atoms with van der Waals surface area (Å²) in [7, 11) is 0. The van der Waals surface area contributed by atoms with Gasteiger partial charge >= 0.3 is 0 Å². The first-order valence-electron chi connectivity index (χ1n) is 6.74. The molecule has 0 saturated heterocycles. The zero-order chi connectivity index (χ0) is 14.5. The molecule has 0 saturated carbocycles. The van der Waals surface area contributed by atoms with Crippen LogP contribution in [0, 0.1) is 0 Å². The molecule has 0 heterocycles. The highest BCUT2D eigenvalue weighted by atomic mass is 32.2. The van der Waals surface area contributed by atoms with Gasteiger partial charge in [-0.1, -0.05) is 72.4 Å². The van der Waals surface area contributed by atoms with Gasteiger partial charge < -0.3 is 0 Å². The highest BCUT2D eigenvalue weighted by Gasteiger charge is 2.06. The van der Waals surface area contributed by atoms with Crippen molar-refractivity contribution in [2.24, 2.45) is 0 Å². The minimum absolute atomic E-state index is 0.701. The maximum absolute atomic E-state index is 10.8. The molecular weight excluding hydrogens is 276 g/mol. The Morgan fingerprint density at radius 3 is 2.10 bits per heavy atom. The third-order valence-corrected chi connectivity index (χ3v) is 4.30. The molecule has 0 atom stereocenters. The summed E-state index contributed by atoms with van der Waals surface area (Å²) < 4.78 is 0. The van der Waals surface area contributed by atoms with E-state index in [1.807, 2.05) is 48.5 Å². The molecule has 3 rings (SSSR count). The standard InChI is InChI=1S/C19H14OS/c20-14-15-10-12-16(13-11-15)18-8-4-5-9-19(18)21-17-6-2-1-3-7-17/h1-14H. The number of hydrogen-bond donors (Lipinski definition) is 0. The maximum Gasteiger partial charge on any atom is 0.150 e. The zero-order valence-corrected chi connectivity index (χ0v) is 12.2. The van der Waals surface area contributed by atoms with Crippen molar-refractivity contribution in [1.82, 2.24) is 0 Å². The van der Waals surface area contributed by atoms with Crippen molar-refractivity contribution in [1.29, 1.82) is 0 Å². The molecule has 0 aromatic heterocycles. The molecule has 1 nitrogen and oxygen atoms in total. The van der Waals surface area contributed by atoms with Crippen molar-refractivity contribution in [3.8, 4) is 11.1 Å². The summed E-state index contributed by atoms with van der Waals surface area (Å²) in [5, 5.41) is 0. The molecule has 0 aliphatic rings. The van der Waals surface area contributed by atoms with Crippen LogP contribution in [0.4, 0.5) is 0 Å². The predicted octanol–water partition coefficient (Wildman–Crippen LogP) is 5.32. The largest absolute Gasteiger partial charge is 0.298 e. The summed E-state index contributed by atoms with van der Waals surface area (Å²) in [6, 6.07) is 26.4. The summed E-state index contributed by atoms with van der Waals surface area (Å²) in [5.41, 5.74) is 3.01. The average Bonchev–Trinajstić information content (AvgIpc) is 2.56. The van der Waals surface area contributed by atoms with Gasteiger partial charge in [0.2, 0.25) is 0 Å². The van der Waals surface area contributed by atoms with E-state index in [2.05, 4.69) is 30.3 Å². The van der Waals surface area contributed by atoms with E-state index in [1.165, 1.54) is 15.4 Å². The minimum Gasteiger partial charge on any atom is -0.298 e. The fourth-order valence-corrected chi connectivity index (χ4v) is 3.14. The van der Waals surface area contributed by atoms with Gasteiger partial charge in [-0.2, -0.15) is 0 Å². The highest BCUT2D eigenvalue weighted by Crippen LogP contribution is 2.35. The van der Waals surface area contributed by atoms with Gasteiger partial charge in [-0.25, -0.2) is 0 Å². The summed E-state index contributed by atoms with van der Waals surface area (Å²) in [5.74, 6) is 0. The molecule has 21 heavy (non-hydrogen) atoms. The molecular formula is C19H14OS. The van der Waals surface area contributed by atoms with Gasteiger partial charge in [0.1, 0.15) is 6.29 Å². The molecule has 0 spiro atoms. The Kier molecular flexibility index (Phi) is 4.17. The molecule has 3 aromatic carbocycles. The highest BCUT2D eigenvalue weighted by molar-refractivity contribution is 7.99. The minimum atomic E-state index is 0.701. The smallest absolute Gasteiger partial charge is 0.150 e. The van der Waals surface area contributed by atoms with Gasteiger partial charge in [0.25, 0.3) is 0 Å². The molecule has 0 fully saturated rings. The van der Waals surface area contributed by atoms with Crippen molar-refractivity contribution in [2.75, 3.05) is 0 Å². The SMILES string of the molecule is O=Cc1ccc(-c2ccccc2Sc2ccccc2)cc1. The van der Waals surface area contributed by atoms with E-state index in [-0.39, 0.29) is 0 Å². The summed E-state index contributed by atoms with van der Waals surface area (Å²) in [4.78, 5) is 13.2. The van der Waals surface area contributed by atoms with Crippen LogP contribution >= 0.6 is 11.8 Å². The average molecular weight is 290 g/mol. The molecule has 2 heteroatoms. The lowest BCUT2D eigenvalue weighted by molar-refractivity contribution is 0.112. The van der Waals surface area contributed by atoms with Gasteiger partial charge in [0.15, 0.2) is 0 Å². The monoisotopic (exact) mass is 290 g/mol. The van der Waals surface area contributed by atoms with E-state index < -0.39 is 0 Å². The van der Waals surface area contributed by atoms with Crippen LogP contribution in [-0.4, -0.2) is 6.29 Å². The van der Waals surface area contributed by atoms with Crippen LogP contribution in [0.3, 0.4) is 0 Å². The van der Waals surface area contributed by atoms with E-state index in [0.29, 0.717) is 5.56 Å². The Balaban J connectivity index is 1.97. The molecule has 0 amide bonds. The van der Waals surface area contributed by atoms with E-state index in [4.69, 9.17) is 0 Å². The van der Waals surface area contributed by atoms with E-state index in [1.54, 1.807) is 11.8 Å². The first kappa shape index (κ1) is 13.7. The van der Waals surface area contributed by atoms with Crippen LogP contribution in [-0.2, 0) is 0 Å². The number of aldehydes is 1. The van der Waals surface area contributed by atoms with Gasteiger partial charge in [0, 0.05) is 15.4 Å². The maximum atomic E-state index is 10.8. The predicted molar refractivity (Wildman–Crippen MR) is 87.8 cm³/mol. The lowest BCUT2D eigenvalue weighted by atomic mass is 10.0. The third kappa shape index (κ3) is 3.23. The number of carbonyl (C=O) groups excluding carboxylic acids is 1. The second-order valence-corrected chi connectivity index (χ2v) is 5.77. The van der Waals surface area contributed by atoms with Crippen LogP contribution in [0.2, 0.25) is 0 Å². The fraction of sp³-hybridized carbons (Fsp3) is 0. The lowest BCUT2D eigenvalue weighted by Crippen LogP contribution is -1.84. The molecule has 3 aromatic rings. The van der Waals surface area contributed by atoms with Crippen LogP contribution in [0.15, 0.2) is 88.7 Å². The van der Waals surface area contributed by atoms with Gasteiger partial charge in [-0.15, -0.1) is 0 Å². The molecule has 0 aliphatic heterocycles. The van der Waals surface area contributed by atoms with Crippen LogP contribution < -0.4 is 0 Å². The third-order valence-electron chi connectivity index (χ3n) is 3.22. The lowest BCUT2D eigenvalue weighted by Gasteiger charge is -2.09. The number of rotatable bonds is 4. The topological polar surface area (TPSA) is 17.1 Å². The van der Waals surface area contributed by atoms with Crippen molar-refractivity contribution in [3.05, 3.63) is 84.4 Å². The Bertz CT molecular complexity index is 733. The van der Waals surface area contributed by atoms with Gasteiger partial charge in [0.05, 0.1) is 0 Å². The Hall–Kier alpha value is -2.32. The van der Waals surface area contributed by atoms with E-state index >= 15 is 0 Å². The van der Waals surface area contributed by atoms with Crippen molar-refractivity contribution < 1.29 is 4.79 Å². The van der Waals surface area contributed by atoms with Crippen LogP contribution in [0.1, 0.15) is 10.4 Å². The second kappa shape index (κ2) is 6.42. The number of benzene rings is 3. The number of hydrogen-bond acceptors (Lipinski definition) is 2. The summed E-state index contributed by atoms with van der Waals surface area (Å²) in [6.07, 6.45) is 0.869. The molecule has 0 bridgehead atoms. The second-order valence-electron chi connectivity index (χ2n) is 4.65. The Morgan fingerprint density at radius 2 is 1.38 bits per heavy atom. The fourth-order valence-electron chi connectivity index (χ4n) is 2.15. The van der Waals surface area contributed by atoms with Gasteiger partial charge in [-0.05, 0) is 29.3 Å². The van der Waals surface area contributed by atoms with E-state index in [9.17, 15) is 4.79 Å². The summed E-state index contributed by atoms with van der Waals surface area (Å²) >= 11 is 1.75. The molecule has 102 valence electrons. The normalized spacial score (nSPS) is 10.3. The first-order valence-corrected chi connectivity index (χ1v) is 7.56. The molecule has 0 unspecified atom stereocenters. The first-order chi connectivity index (χ1) is 10.4. The van der Waals surface area contributed by atoms with Gasteiger partial charge in [-0.3, -0.25) is 4.79 Å². The van der Waals surface area contributed by atoms with Crippen LogP contribution in [0.5, 0.6) is 0 Å².